The third-order valence-corrected chi connectivity index (χ3v) is 2.37. The molecule has 2 rings (SSSR count). The summed E-state index contributed by atoms with van der Waals surface area (Å²) < 4.78 is 2.09. The molecule has 13 heavy (non-hydrogen) atoms. The molecule has 1 heterocycles. The molecule has 1 atom stereocenters. The summed E-state index contributed by atoms with van der Waals surface area (Å²) in [5.74, 6) is 0. The lowest BCUT2D eigenvalue weighted by atomic mass is 10.2. The smallest absolute Gasteiger partial charge is 0.0636 e. The Hall–Kier alpha value is -1.28. The van der Waals surface area contributed by atoms with Gasteiger partial charge in [-0.1, -0.05) is 18.2 Å². The molecular weight excluding hydrogens is 162 g/mol. The zero-order chi connectivity index (χ0) is 9.26. The number of hydrogen-bond donors (Lipinski definition) is 1. The molecule has 0 fully saturated rings. The van der Waals surface area contributed by atoms with Crippen LogP contribution in [0.4, 0.5) is 0 Å². The molecule has 2 nitrogen and oxygen atoms in total. The first-order valence-electron chi connectivity index (χ1n) is 4.49. The summed E-state index contributed by atoms with van der Waals surface area (Å²) in [6.07, 6.45) is 2.02. The van der Waals surface area contributed by atoms with Crippen molar-refractivity contribution in [3.05, 3.63) is 36.5 Å². The Kier molecular flexibility index (Phi) is 2.07. The largest absolute Gasteiger partial charge is 0.394 e. The van der Waals surface area contributed by atoms with Crippen LogP contribution in [-0.4, -0.2) is 16.3 Å². The molecule has 2 aromatic rings. The minimum atomic E-state index is 0.153. The molecule has 0 spiro atoms. The highest BCUT2D eigenvalue weighted by molar-refractivity contribution is 5.80. The van der Waals surface area contributed by atoms with Gasteiger partial charge in [-0.05, 0) is 24.4 Å². The van der Waals surface area contributed by atoms with Gasteiger partial charge in [-0.15, -0.1) is 0 Å². The summed E-state index contributed by atoms with van der Waals surface area (Å²) >= 11 is 0. The predicted molar refractivity (Wildman–Crippen MR) is 53.7 cm³/mol. The first-order valence-corrected chi connectivity index (χ1v) is 4.49. The summed E-state index contributed by atoms with van der Waals surface area (Å²) in [6, 6.07) is 10.4. The van der Waals surface area contributed by atoms with Crippen molar-refractivity contribution in [3.63, 3.8) is 0 Å². The minimum absolute atomic E-state index is 0.153. The van der Waals surface area contributed by atoms with Gasteiger partial charge in [0.05, 0.1) is 12.6 Å². The molecule has 2 heteroatoms. The van der Waals surface area contributed by atoms with Crippen molar-refractivity contribution < 1.29 is 5.11 Å². The number of para-hydroxylation sites is 1. The van der Waals surface area contributed by atoms with Gasteiger partial charge in [0.1, 0.15) is 0 Å². The number of aliphatic hydroxyl groups is 1. The summed E-state index contributed by atoms with van der Waals surface area (Å²) in [4.78, 5) is 0. The summed E-state index contributed by atoms with van der Waals surface area (Å²) in [6.45, 7) is 2.19. The van der Waals surface area contributed by atoms with E-state index < -0.39 is 0 Å². The standard InChI is InChI=1S/C11H13NO/c1-9(8-13)12-7-6-10-4-2-3-5-11(10)12/h2-7,9,13H,8H2,1H3/t9-/m0/s1. The molecular formula is C11H13NO. The van der Waals surface area contributed by atoms with E-state index in [1.54, 1.807) is 0 Å². The van der Waals surface area contributed by atoms with Crippen LogP contribution in [0.2, 0.25) is 0 Å². The van der Waals surface area contributed by atoms with Gasteiger partial charge >= 0.3 is 0 Å². The zero-order valence-corrected chi connectivity index (χ0v) is 7.64. The fourth-order valence-corrected chi connectivity index (χ4v) is 1.58. The first-order chi connectivity index (χ1) is 6.33. The predicted octanol–water partition coefficient (Wildman–Crippen LogP) is 2.19. The van der Waals surface area contributed by atoms with Crippen molar-refractivity contribution in [3.8, 4) is 0 Å². The number of nitrogens with zero attached hydrogens (tertiary/aromatic N) is 1. The van der Waals surface area contributed by atoms with Gasteiger partial charge in [0.25, 0.3) is 0 Å². The second-order valence-electron chi connectivity index (χ2n) is 3.31. The quantitative estimate of drug-likeness (QED) is 0.743. The average molecular weight is 175 g/mol. The highest BCUT2D eigenvalue weighted by Gasteiger charge is 2.05. The van der Waals surface area contributed by atoms with Gasteiger partial charge in [-0.2, -0.15) is 0 Å². The number of benzene rings is 1. The molecule has 0 radical (unpaired) electrons. The SMILES string of the molecule is C[C@@H](CO)n1ccc2ccccc21. The molecule has 0 aliphatic carbocycles. The highest BCUT2D eigenvalue weighted by Crippen LogP contribution is 2.18. The van der Waals surface area contributed by atoms with Crippen molar-refractivity contribution in [2.45, 2.75) is 13.0 Å². The Morgan fingerprint density at radius 1 is 1.31 bits per heavy atom. The van der Waals surface area contributed by atoms with E-state index >= 15 is 0 Å². The van der Waals surface area contributed by atoms with E-state index in [2.05, 4.69) is 22.8 Å². The topological polar surface area (TPSA) is 25.2 Å². The van der Waals surface area contributed by atoms with Crippen LogP contribution in [0.15, 0.2) is 36.5 Å². The Balaban J connectivity index is 2.57. The van der Waals surface area contributed by atoms with E-state index in [-0.39, 0.29) is 12.6 Å². The van der Waals surface area contributed by atoms with Gasteiger partial charge in [-0.25, -0.2) is 0 Å². The van der Waals surface area contributed by atoms with Crippen LogP contribution >= 0.6 is 0 Å². The molecule has 0 amide bonds. The van der Waals surface area contributed by atoms with Crippen LogP contribution in [0.5, 0.6) is 0 Å². The lowest BCUT2D eigenvalue weighted by Crippen LogP contribution is -2.07. The van der Waals surface area contributed by atoms with E-state index in [1.165, 1.54) is 10.9 Å². The van der Waals surface area contributed by atoms with Crippen molar-refractivity contribution in [1.82, 2.24) is 4.57 Å². The number of aliphatic hydroxyl groups excluding tert-OH is 1. The summed E-state index contributed by atoms with van der Waals surface area (Å²) in [5.41, 5.74) is 1.18. The fraction of sp³-hybridized carbons (Fsp3) is 0.273. The molecule has 1 N–H and O–H groups in total. The Labute approximate surface area is 77.4 Å². The Bertz CT molecular complexity index is 405. The van der Waals surface area contributed by atoms with Gasteiger partial charge in [-0.3, -0.25) is 0 Å². The van der Waals surface area contributed by atoms with Gasteiger partial charge in [0.15, 0.2) is 0 Å². The van der Waals surface area contributed by atoms with Crippen LogP contribution in [0, 0.1) is 0 Å². The lowest BCUT2D eigenvalue weighted by Gasteiger charge is -2.11. The Morgan fingerprint density at radius 2 is 2.08 bits per heavy atom. The monoisotopic (exact) mass is 175 g/mol. The molecule has 1 aromatic carbocycles. The maximum atomic E-state index is 9.05. The van der Waals surface area contributed by atoms with E-state index in [1.807, 2.05) is 25.3 Å². The molecule has 68 valence electrons. The van der Waals surface area contributed by atoms with Gasteiger partial charge in [0, 0.05) is 11.7 Å². The Morgan fingerprint density at radius 3 is 2.85 bits per heavy atom. The van der Waals surface area contributed by atoms with Crippen LogP contribution in [0.3, 0.4) is 0 Å². The number of aromatic nitrogens is 1. The molecule has 0 bridgehead atoms. The van der Waals surface area contributed by atoms with Gasteiger partial charge in [0.2, 0.25) is 0 Å². The fourth-order valence-electron chi connectivity index (χ4n) is 1.58. The average Bonchev–Trinajstić information content (AvgIpc) is 2.60. The number of fused-ring (bicyclic) bond motifs is 1. The minimum Gasteiger partial charge on any atom is -0.394 e. The lowest BCUT2D eigenvalue weighted by molar-refractivity contribution is 0.241. The molecule has 0 unspecified atom stereocenters. The third kappa shape index (κ3) is 1.33. The van der Waals surface area contributed by atoms with E-state index in [9.17, 15) is 0 Å². The van der Waals surface area contributed by atoms with Crippen LogP contribution in [-0.2, 0) is 0 Å². The summed E-state index contributed by atoms with van der Waals surface area (Å²) in [5, 5.41) is 10.3. The molecule has 0 aliphatic heterocycles. The van der Waals surface area contributed by atoms with Crippen molar-refractivity contribution >= 4 is 10.9 Å². The second-order valence-corrected chi connectivity index (χ2v) is 3.31. The van der Waals surface area contributed by atoms with Crippen molar-refractivity contribution in [2.75, 3.05) is 6.61 Å². The molecule has 0 aliphatic rings. The molecule has 1 aromatic heterocycles. The van der Waals surface area contributed by atoms with Crippen LogP contribution in [0.1, 0.15) is 13.0 Å². The zero-order valence-electron chi connectivity index (χ0n) is 7.64. The highest BCUT2D eigenvalue weighted by atomic mass is 16.3. The van der Waals surface area contributed by atoms with Crippen molar-refractivity contribution in [2.24, 2.45) is 0 Å². The molecule has 0 saturated carbocycles. The van der Waals surface area contributed by atoms with Gasteiger partial charge < -0.3 is 9.67 Å². The maximum absolute atomic E-state index is 9.05. The van der Waals surface area contributed by atoms with Crippen LogP contribution < -0.4 is 0 Å². The van der Waals surface area contributed by atoms with Crippen LogP contribution in [0.25, 0.3) is 10.9 Å². The second kappa shape index (κ2) is 3.23. The number of rotatable bonds is 2. The van der Waals surface area contributed by atoms with Crippen molar-refractivity contribution in [1.29, 1.82) is 0 Å². The first kappa shape index (κ1) is 8.32. The number of hydrogen-bond acceptors (Lipinski definition) is 1. The van der Waals surface area contributed by atoms with E-state index in [4.69, 9.17) is 5.11 Å². The summed E-state index contributed by atoms with van der Waals surface area (Å²) in [7, 11) is 0. The normalized spacial score (nSPS) is 13.4. The van der Waals surface area contributed by atoms with E-state index in [0.29, 0.717) is 0 Å². The molecule has 0 saturated heterocycles. The third-order valence-electron chi connectivity index (χ3n) is 2.37. The maximum Gasteiger partial charge on any atom is 0.0636 e. The van der Waals surface area contributed by atoms with E-state index in [0.717, 1.165) is 0 Å².